The van der Waals surface area contributed by atoms with E-state index in [2.05, 4.69) is 0 Å². The van der Waals surface area contributed by atoms with E-state index < -0.39 is 0 Å². The molecule has 0 spiro atoms. The first-order valence-corrected chi connectivity index (χ1v) is 5.29. The van der Waals surface area contributed by atoms with Gasteiger partial charge in [-0.1, -0.05) is 13.0 Å². The highest BCUT2D eigenvalue weighted by Gasteiger charge is 2.08. The molecular formula is C10H13NO2S. The van der Waals surface area contributed by atoms with Crippen LogP contribution in [0.3, 0.4) is 0 Å². The van der Waals surface area contributed by atoms with Crippen molar-refractivity contribution >= 4 is 17.7 Å². The van der Waals surface area contributed by atoms with E-state index in [1.807, 2.05) is 6.07 Å². The Morgan fingerprint density at radius 1 is 1.64 bits per heavy atom. The lowest BCUT2D eigenvalue weighted by molar-refractivity contribution is -0.120. The molecular weight excluding hydrogens is 198 g/mol. The molecule has 0 saturated heterocycles. The second-order valence-corrected chi connectivity index (χ2v) is 4.21. The lowest BCUT2D eigenvalue weighted by Crippen LogP contribution is -2.22. The van der Waals surface area contributed by atoms with Crippen molar-refractivity contribution in [3.05, 3.63) is 24.3 Å². The van der Waals surface area contributed by atoms with Crippen LogP contribution in [0.15, 0.2) is 29.2 Å². The average molecular weight is 211 g/mol. The number of primary amides is 1. The van der Waals surface area contributed by atoms with Crippen molar-refractivity contribution in [3.63, 3.8) is 0 Å². The number of carbonyl (C=O) groups excluding carboxylic acids is 1. The van der Waals surface area contributed by atoms with Crippen LogP contribution in [0.5, 0.6) is 5.75 Å². The molecule has 0 aliphatic rings. The molecule has 0 heterocycles. The number of aromatic hydroxyl groups is 1. The second-order valence-electron chi connectivity index (χ2n) is 3.11. The maximum atomic E-state index is 10.7. The Kier molecular flexibility index (Phi) is 3.83. The van der Waals surface area contributed by atoms with E-state index in [1.165, 1.54) is 11.8 Å². The van der Waals surface area contributed by atoms with Gasteiger partial charge in [0.25, 0.3) is 0 Å². The molecule has 0 aliphatic carbocycles. The Bertz CT molecular complexity index is 328. The molecule has 3 N–H and O–H groups in total. The lowest BCUT2D eigenvalue weighted by atomic mass is 10.2. The first kappa shape index (κ1) is 10.9. The van der Waals surface area contributed by atoms with Crippen LogP contribution in [-0.2, 0) is 4.79 Å². The van der Waals surface area contributed by atoms with Crippen LogP contribution in [0.2, 0.25) is 0 Å². The van der Waals surface area contributed by atoms with E-state index in [0.717, 1.165) is 4.90 Å². The Balaban J connectivity index is 2.49. The molecule has 1 aromatic rings. The summed E-state index contributed by atoms with van der Waals surface area (Å²) in [6.45, 7) is 1.79. The highest BCUT2D eigenvalue weighted by molar-refractivity contribution is 7.99. The molecule has 76 valence electrons. The summed E-state index contributed by atoms with van der Waals surface area (Å²) in [7, 11) is 0. The molecule has 1 aromatic carbocycles. The third-order valence-electron chi connectivity index (χ3n) is 1.80. The Hall–Kier alpha value is -1.16. The van der Waals surface area contributed by atoms with Crippen molar-refractivity contribution < 1.29 is 9.90 Å². The number of phenols is 1. The van der Waals surface area contributed by atoms with E-state index >= 15 is 0 Å². The van der Waals surface area contributed by atoms with Crippen molar-refractivity contribution in [3.8, 4) is 5.75 Å². The van der Waals surface area contributed by atoms with Crippen molar-refractivity contribution in [1.82, 2.24) is 0 Å². The standard InChI is InChI=1S/C10H13NO2S/c1-7(10(11)13)6-14-9-4-2-3-8(12)5-9/h2-5,7,12H,6H2,1H3,(H2,11,13). The van der Waals surface area contributed by atoms with Gasteiger partial charge < -0.3 is 10.8 Å². The number of carbonyl (C=O) groups is 1. The number of benzene rings is 1. The van der Waals surface area contributed by atoms with E-state index in [9.17, 15) is 9.90 Å². The maximum Gasteiger partial charge on any atom is 0.221 e. The van der Waals surface area contributed by atoms with Gasteiger partial charge in [-0.3, -0.25) is 4.79 Å². The molecule has 0 saturated carbocycles. The maximum absolute atomic E-state index is 10.7. The lowest BCUT2D eigenvalue weighted by Gasteiger charge is -2.06. The zero-order valence-corrected chi connectivity index (χ0v) is 8.75. The first-order chi connectivity index (χ1) is 6.59. The minimum atomic E-state index is -0.294. The summed E-state index contributed by atoms with van der Waals surface area (Å²) in [6.07, 6.45) is 0. The van der Waals surface area contributed by atoms with Gasteiger partial charge in [0, 0.05) is 16.6 Å². The van der Waals surface area contributed by atoms with Crippen molar-refractivity contribution in [2.75, 3.05) is 5.75 Å². The molecule has 3 nitrogen and oxygen atoms in total. The number of hydrogen-bond acceptors (Lipinski definition) is 3. The molecule has 0 bridgehead atoms. The van der Waals surface area contributed by atoms with E-state index in [0.29, 0.717) is 5.75 Å². The van der Waals surface area contributed by atoms with Gasteiger partial charge in [-0.15, -0.1) is 11.8 Å². The smallest absolute Gasteiger partial charge is 0.221 e. The minimum absolute atomic E-state index is 0.151. The number of phenolic OH excluding ortho intramolecular Hbond substituents is 1. The molecule has 4 heteroatoms. The molecule has 1 rings (SSSR count). The van der Waals surface area contributed by atoms with Crippen LogP contribution >= 0.6 is 11.8 Å². The molecule has 14 heavy (non-hydrogen) atoms. The summed E-state index contributed by atoms with van der Waals surface area (Å²) < 4.78 is 0. The SMILES string of the molecule is CC(CSc1cccc(O)c1)C(N)=O. The fourth-order valence-electron chi connectivity index (χ4n) is 0.877. The molecule has 1 atom stereocenters. The largest absolute Gasteiger partial charge is 0.508 e. The fraction of sp³-hybridized carbons (Fsp3) is 0.300. The minimum Gasteiger partial charge on any atom is -0.508 e. The zero-order chi connectivity index (χ0) is 10.6. The average Bonchev–Trinajstić information content (AvgIpc) is 2.14. The third kappa shape index (κ3) is 3.30. The molecule has 0 aliphatic heterocycles. The predicted octanol–water partition coefficient (Wildman–Crippen LogP) is 1.61. The summed E-state index contributed by atoms with van der Waals surface area (Å²) >= 11 is 1.51. The highest BCUT2D eigenvalue weighted by atomic mass is 32.2. The monoisotopic (exact) mass is 211 g/mol. The highest BCUT2D eigenvalue weighted by Crippen LogP contribution is 2.23. The molecule has 0 radical (unpaired) electrons. The van der Waals surface area contributed by atoms with Crippen LogP contribution in [0.4, 0.5) is 0 Å². The van der Waals surface area contributed by atoms with Crippen molar-refractivity contribution in [1.29, 1.82) is 0 Å². The van der Waals surface area contributed by atoms with Crippen LogP contribution in [0.25, 0.3) is 0 Å². The summed E-state index contributed by atoms with van der Waals surface area (Å²) in [5.41, 5.74) is 5.13. The van der Waals surface area contributed by atoms with Crippen molar-refractivity contribution in [2.24, 2.45) is 11.7 Å². The van der Waals surface area contributed by atoms with Gasteiger partial charge in [0.1, 0.15) is 5.75 Å². The van der Waals surface area contributed by atoms with Gasteiger partial charge in [-0.2, -0.15) is 0 Å². The second kappa shape index (κ2) is 4.91. The zero-order valence-electron chi connectivity index (χ0n) is 7.93. The van der Waals surface area contributed by atoms with Gasteiger partial charge >= 0.3 is 0 Å². The molecule has 1 amide bonds. The summed E-state index contributed by atoms with van der Waals surface area (Å²) in [6, 6.07) is 6.94. The topological polar surface area (TPSA) is 63.3 Å². The van der Waals surface area contributed by atoms with Gasteiger partial charge in [-0.05, 0) is 18.2 Å². The fourth-order valence-corrected chi connectivity index (χ4v) is 1.86. The number of amides is 1. The van der Waals surface area contributed by atoms with Gasteiger partial charge in [-0.25, -0.2) is 0 Å². The predicted molar refractivity (Wildman–Crippen MR) is 57.2 cm³/mol. The van der Waals surface area contributed by atoms with Gasteiger partial charge in [0.05, 0.1) is 0 Å². The third-order valence-corrected chi connectivity index (χ3v) is 3.06. The number of rotatable bonds is 4. The molecule has 1 unspecified atom stereocenters. The Labute approximate surface area is 87.3 Å². The Morgan fingerprint density at radius 3 is 2.93 bits per heavy atom. The molecule has 0 fully saturated rings. The van der Waals surface area contributed by atoms with Crippen molar-refractivity contribution in [2.45, 2.75) is 11.8 Å². The summed E-state index contributed by atoms with van der Waals surface area (Å²) in [5.74, 6) is 0.431. The summed E-state index contributed by atoms with van der Waals surface area (Å²) in [5, 5.41) is 9.18. The van der Waals surface area contributed by atoms with E-state index in [-0.39, 0.29) is 17.6 Å². The Morgan fingerprint density at radius 2 is 2.36 bits per heavy atom. The molecule has 0 aromatic heterocycles. The van der Waals surface area contributed by atoms with Crippen LogP contribution in [-0.4, -0.2) is 16.8 Å². The quantitative estimate of drug-likeness (QED) is 0.744. The van der Waals surface area contributed by atoms with Crippen LogP contribution in [0.1, 0.15) is 6.92 Å². The van der Waals surface area contributed by atoms with Crippen LogP contribution < -0.4 is 5.73 Å². The van der Waals surface area contributed by atoms with E-state index in [4.69, 9.17) is 5.73 Å². The van der Waals surface area contributed by atoms with Gasteiger partial charge in [0.2, 0.25) is 5.91 Å². The number of nitrogens with two attached hydrogens (primary N) is 1. The number of thioether (sulfide) groups is 1. The van der Waals surface area contributed by atoms with Gasteiger partial charge in [0.15, 0.2) is 0 Å². The van der Waals surface area contributed by atoms with E-state index in [1.54, 1.807) is 25.1 Å². The summed E-state index contributed by atoms with van der Waals surface area (Å²) in [4.78, 5) is 11.7. The first-order valence-electron chi connectivity index (χ1n) is 4.30. The number of hydrogen-bond donors (Lipinski definition) is 2. The van der Waals surface area contributed by atoms with Crippen LogP contribution in [0, 0.1) is 5.92 Å². The normalized spacial score (nSPS) is 12.4.